The number of rotatable bonds is 3. The van der Waals surface area contributed by atoms with Crippen molar-refractivity contribution in [1.82, 2.24) is 14.5 Å². The summed E-state index contributed by atoms with van der Waals surface area (Å²) >= 11 is 0. The molecule has 1 unspecified atom stereocenters. The molecule has 2 rings (SSSR count). The van der Waals surface area contributed by atoms with E-state index in [0.717, 1.165) is 11.9 Å². The van der Waals surface area contributed by atoms with Crippen LogP contribution in [0.1, 0.15) is 31.6 Å². The average molecular weight is 179 g/mol. The molecule has 0 spiro atoms. The second kappa shape index (κ2) is 3.14. The van der Waals surface area contributed by atoms with Crippen LogP contribution in [-0.4, -0.2) is 27.5 Å². The number of hydrogen-bond acceptors (Lipinski definition) is 2. The lowest BCUT2D eigenvalue weighted by atomic mass is 10.3. The number of hydrogen-bond donors (Lipinski definition) is 0. The topological polar surface area (TPSA) is 21.1 Å². The molecule has 1 aliphatic carbocycles. The van der Waals surface area contributed by atoms with E-state index in [1.54, 1.807) is 0 Å². The van der Waals surface area contributed by atoms with Crippen molar-refractivity contribution in [3.05, 3.63) is 18.2 Å². The normalized spacial score (nSPS) is 19.4. The van der Waals surface area contributed by atoms with Crippen LogP contribution in [0.2, 0.25) is 0 Å². The van der Waals surface area contributed by atoms with Gasteiger partial charge in [0.05, 0.1) is 6.04 Å². The minimum absolute atomic E-state index is 0.437. The predicted molar refractivity (Wildman–Crippen MR) is 52.4 cm³/mol. The molecule has 0 aliphatic heterocycles. The second-order valence-electron chi connectivity index (χ2n) is 3.97. The molecule has 1 atom stereocenters. The molecule has 0 N–H and O–H groups in total. The Bertz CT molecular complexity index is 288. The van der Waals surface area contributed by atoms with Gasteiger partial charge in [0.1, 0.15) is 5.82 Å². The van der Waals surface area contributed by atoms with Crippen LogP contribution in [0.5, 0.6) is 0 Å². The fraction of sp³-hybridized carbons (Fsp3) is 0.700. The van der Waals surface area contributed by atoms with Gasteiger partial charge in [-0.2, -0.15) is 0 Å². The first-order chi connectivity index (χ1) is 6.20. The molecule has 13 heavy (non-hydrogen) atoms. The molecular formula is C10H17N3. The van der Waals surface area contributed by atoms with Crippen LogP contribution in [-0.2, 0) is 7.05 Å². The van der Waals surface area contributed by atoms with Crippen LogP contribution < -0.4 is 0 Å². The molecule has 0 saturated heterocycles. The summed E-state index contributed by atoms with van der Waals surface area (Å²) in [5.41, 5.74) is 0. The van der Waals surface area contributed by atoms with Crippen molar-refractivity contribution in [3.8, 4) is 0 Å². The van der Waals surface area contributed by atoms with Gasteiger partial charge < -0.3 is 4.57 Å². The van der Waals surface area contributed by atoms with Crippen molar-refractivity contribution in [3.63, 3.8) is 0 Å². The first kappa shape index (κ1) is 8.75. The average Bonchev–Trinajstić information content (AvgIpc) is 2.87. The zero-order valence-electron chi connectivity index (χ0n) is 8.57. The van der Waals surface area contributed by atoms with E-state index in [1.807, 2.05) is 12.4 Å². The highest BCUT2D eigenvalue weighted by Gasteiger charge is 2.30. The molecule has 1 aromatic rings. The maximum Gasteiger partial charge on any atom is 0.125 e. The minimum atomic E-state index is 0.437. The fourth-order valence-electron chi connectivity index (χ4n) is 1.76. The van der Waals surface area contributed by atoms with Crippen LogP contribution in [0.25, 0.3) is 0 Å². The zero-order valence-corrected chi connectivity index (χ0v) is 8.57. The summed E-state index contributed by atoms with van der Waals surface area (Å²) in [7, 11) is 4.25. The number of nitrogens with zero attached hydrogens (tertiary/aromatic N) is 3. The Morgan fingerprint density at radius 1 is 1.62 bits per heavy atom. The molecule has 0 amide bonds. The van der Waals surface area contributed by atoms with Gasteiger partial charge in [0, 0.05) is 25.5 Å². The predicted octanol–water partition coefficient (Wildman–Crippen LogP) is 1.58. The van der Waals surface area contributed by atoms with Gasteiger partial charge in [0.2, 0.25) is 0 Å². The van der Waals surface area contributed by atoms with Crippen LogP contribution in [0.4, 0.5) is 0 Å². The Morgan fingerprint density at radius 3 is 2.77 bits per heavy atom. The highest BCUT2D eigenvalue weighted by molar-refractivity contribution is 5.00. The molecule has 1 aliphatic rings. The van der Waals surface area contributed by atoms with E-state index in [-0.39, 0.29) is 0 Å². The van der Waals surface area contributed by atoms with Crippen molar-refractivity contribution in [2.24, 2.45) is 7.05 Å². The summed E-state index contributed by atoms with van der Waals surface area (Å²) in [6, 6.07) is 1.24. The van der Waals surface area contributed by atoms with Gasteiger partial charge in [-0.25, -0.2) is 4.98 Å². The van der Waals surface area contributed by atoms with Gasteiger partial charge in [0.25, 0.3) is 0 Å². The van der Waals surface area contributed by atoms with E-state index in [1.165, 1.54) is 12.8 Å². The third kappa shape index (κ3) is 1.61. The standard InChI is InChI=1S/C10H17N3/c1-8(13(3)9-4-5-9)10-11-6-7-12(10)2/h6-9H,4-5H2,1-3H3. The highest BCUT2D eigenvalue weighted by atomic mass is 15.2. The minimum Gasteiger partial charge on any atom is -0.337 e. The van der Waals surface area contributed by atoms with E-state index in [4.69, 9.17) is 0 Å². The van der Waals surface area contributed by atoms with Gasteiger partial charge >= 0.3 is 0 Å². The fourth-order valence-corrected chi connectivity index (χ4v) is 1.76. The number of aromatic nitrogens is 2. The molecule has 1 aromatic heterocycles. The van der Waals surface area contributed by atoms with Crippen molar-refractivity contribution in [2.45, 2.75) is 31.8 Å². The molecule has 3 heteroatoms. The molecule has 1 saturated carbocycles. The Kier molecular flexibility index (Phi) is 2.12. The van der Waals surface area contributed by atoms with Crippen LogP contribution >= 0.6 is 0 Å². The third-order valence-corrected chi connectivity index (χ3v) is 2.97. The summed E-state index contributed by atoms with van der Waals surface area (Å²) in [6.07, 6.45) is 6.58. The van der Waals surface area contributed by atoms with E-state index < -0.39 is 0 Å². The molecule has 0 bridgehead atoms. The first-order valence-corrected chi connectivity index (χ1v) is 4.89. The molecule has 1 fully saturated rings. The summed E-state index contributed by atoms with van der Waals surface area (Å²) in [4.78, 5) is 6.79. The van der Waals surface area contributed by atoms with Crippen molar-refractivity contribution >= 4 is 0 Å². The summed E-state index contributed by atoms with van der Waals surface area (Å²) in [6.45, 7) is 2.22. The lowest BCUT2D eigenvalue weighted by molar-refractivity contribution is 0.238. The van der Waals surface area contributed by atoms with Crippen LogP contribution in [0.3, 0.4) is 0 Å². The quantitative estimate of drug-likeness (QED) is 0.702. The first-order valence-electron chi connectivity index (χ1n) is 4.89. The molecule has 0 radical (unpaired) electrons. The summed E-state index contributed by atoms with van der Waals surface area (Å²) < 4.78 is 2.10. The Labute approximate surface area is 79.4 Å². The van der Waals surface area contributed by atoms with Gasteiger partial charge in [-0.05, 0) is 26.8 Å². The summed E-state index contributed by atoms with van der Waals surface area (Å²) in [5.74, 6) is 1.16. The molecular weight excluding hydrogens is 162 g/mol. The van der Waals surface area contributed by atoms with E-state index >= 15 is 0 Å². The zero-order chi connectivity index (χ0) is 9.42. The molecule has 0 aromatic carbocycles. The second-order valence-corrected chi connectivity index (χ2v) is 3.97. The third-order valence-electron chi connectivity index (χ3n) is 2.97. The lowest BCUT2D eigenvalue weighted by Crippen LogP contribution is -2.26. The lowest BCUT2D eigenvalue weighted by Gasteiger charge is -2.23. The maximum absolute atomic E-state index is 4.37. The highest BCUT2D eigenvalue weighted by Crippen LogP contribution is 2.31. The monoisotopic (exact) mass is 179 g/mol. The van der Waals surface area contributed by atoms with Crippen LogP contribution in [0.15, 0.2) is 12.4 Å². The Morgan fingerprint density at radius 2 is 2.31 bits per heavy atom. The van der Waals surface area contributed by atoms with Crippen molar-refractivity contribution < 1.29 is 0 Å². The van der Waals surface area contributed by atoms with Gasteiger partial charge in [-0.3, -0.25) is 4.90 Å². The number of aryl methyl sites for hydroxylation is 1. The molecule has 3 nitrogen and oxygen atoms in total. The Hall–Kier alpha value is -0.830. The van der Waals surface area contributed by atoms with Crippen molar-refractivity contribution in [2.75, 3.05) is 7.05 Å². The van der Waals surface area contributed by atoms with E-state index in [9.17, 15) is 0 Å². The van der Waals surface area contributed by atoms with Gasteiger partial charge in [0.15, 0.2) is 0 Å². The van der Waals surface area contributed by atoms with E-state index in [0.29, 0.717) is 6.04 Å². The smallest absolute Gasteiger partial charge is 0.125 e. The number of imidazole rings is 1. The SMILES string of the molecule is CC(c1nccn1C)N(C)C1CC1. The Balaban J connectivity index is 2.11. The molecule has 1 heterocycles. The van der Waals surface area contributed by atoms with Gasteiger partial charge in [-0.15, -0.1) is 0 Å². The summed E-state index contributed by atoms with van der Waals surface area (Å²) in [5, 5.41) is 0. The van der Waals surface area contributed by atoms with Crippen molar-refractivity contribution in [1.29, 1.82) is 0 Å². The molecule has 72 valence electrons. The largest absolute Gasteiger partial charge is 0.337 e. The van der Waals surface area contributed by atoms with Gasteiger partial charge in [-0.1, -0.05) is 0 Å². The van der Waals surface area contributed by atoms with E-state index in [2.05, 4.69) is 35.5 Å². The van der Waals surface area contributed by atoms with Crippen LogP contribution in [0, 0.1) is 0 Å². The maximum atomic E-state index is 4.37.